The van der Waals surface area contributed by atoms with Gasteiger partial charge in [0.1, 0.15) is 17.0 Å². The molecule has 134 valence electrons. The monoisotopic (exact) mass is 358 g/mol. The minimum absolute atomic E-state index is 0.0773. The summed E-state index contributed by atoms with van der Waals surface area (Å²) in [5.41, 5.74) is 1.37. The molecule has 0 aliphatic rings. The highest BCUT2D eigenvalue weighted by molar-refractivity contribution is 6.03. The second-order valence-corrected chi connectivity index (χ2v) is 6.06. The van der Waals surface area contributed by atoms with Crippen molar-refractivity contribution in [3.63, 3.8) is 0 Å². The van der Waals surface area contributed by atoms with Crippen molar-refractivity contribution in [3.8, 4) is 11.5 Å². The summed E-state index contributed by atoms with van der Waals surface area (Å²) in [5.74, 6) is 1.08. The highest BCUT2D eigenvalue weighted by Crippen LogP contribution is 2.29. The maximum atomic E-state index is 12.4. The maximum Gasteiger partial charge on any atom is 0.262 e. The Morgan fingerprint density at radius 2 is 1.85 bits per heavy atom. The fourth-order valence-corrected chi connectivity index (χ4v) is 3.01. The standard InChI is InChI=1S/C22H18N2O3/c1-26-20-11-10-19(18-7-4-12-23-22(18)20)24-21(25)14-27-17-9-8-15-5-2-3-6-16(15)13-17/h2-13H,14H2,1H3,(H,24,25). The molecule has 0 atom stereocenters. The lowest BCUT2D eigenvalue weighted by atomic mass is 10.1. The number of carbonyl (C=O) groups excluding carboxylic acids is 1. The largest absolute Gasteiger partial charge is 0.494 e. The van der Waals surface area contributed by atoms with E-state index in [1.807, 2.05) is 54.6 Å². The Hall–Kier alpha value is -3.60. The van der Waals surface area contributed by atoms with E-state index >= 15 is 0 Å². The zero-order valence-corrected chi connectivity index (χ0v) is 14.8. The Balaban J connectivity index is 1.48. The van der Waals surface area contributed by atoms with Gasteiger partial charge in [-0.1, -0.05) is 30.3 Å². The first kappa shape index (κ1) is 16.8. The van der Waals surface area contributed by atoms with Crippen LogP contribution in [0.25, 0.3) is 21.7 Å². The molecule has 0 radical (unpaired) electrons. The van der Waals surface area contributed by atoms with E-state index in [1.165, 1.54) is 0 Å². The van der Waals surface area contributed by atoms with Crippen LogP contribution in [0, 0.1) is 0 Å². The third kappa shape index (κ3) is 3.53. The van der Waals surface area contributed by atoms with Gasteiger partial charge < -0.3 is 14.8 Å². The molecule has 0 fully saturated rings. The summed E-state index contributed by atoms with van der Waals surface area (Å²) in [4.78, 5) is 16.7. The predicted octanol–water partition coefficient (Wildman–Crippen LogP) is 4.41. The van der Waals surface area contributed by atoms with Crippen molar-refractivity contribution in [1.82, 2.24) is 4.98 Å². The third-order valence-corrected chi connectivity index (χ3v) is 4.32. The summed E-state index contributed by atoms with van der Waals surface area (Å²) in [6, 6.07) is 21.1. The molecule has 1 N–H and O–H groups in total. The van der Waals surface area contributed by atoms with Gasteiger partial charge in [-0.05, 0) is 47.2 Å². The zero-order valence-electron chi connectivity index (χ0n) is 14.8. The van der Waals surface area contributed by atoms with Gasteiger partial charge in [0, 0.05) is 11.6 Å². The van der Waals surface area contributed by atoms with Crippen molar-refractivity contribution in [1.29, 1.82) is 0 Å². The molecule has 4 rings (SSSR count). The average Bonchev–Trinajstić information content (AvgIpc) is 2.72. The van der Waals surface area contributed by atoms with Crippen molar-refractivity contribution in [2.24, 2.45) is 0 Å². The molecule has 27 heavy (non-hydrogen) atoms. The van der Waals surface area contributed by atoms with E-state index < -0.39 is 0 Å². The van der Waals surface area contributed by atoms with Crippen molar-refractivity contribution in [3.05, 3.63) is 72.9 Å². The Morgan fingerprint density at radius 3 is 2.70 bits per heavy atom. The number of nitrogens with one attached hydrogen (secondary N) is 1. The maximum absolute atomic E-state index is 12.4. The number of methoxy groups -OCH3 is 1. The predicted molar refractivity (Wildman–Crippen MR) is 106 cm³/mol. The fourth-order valence-electron chi connectivity index (χ4n) is 3.01. The van der Waals surface area contributed by atoms with E-state index in [9.17, 15) is 4.79 Å². The van der Waals surface area contributed by atoms with Crippen molar-refractivity contribution in [2.45, 2.75) is 0 Å². The van der Waals surface area contributed by atoms with Crippen molar-refractivity contribution in [2.75, 3.05) is 19.0 Å². The van der Waals surface area contributed by atoms with Crippen LogP contribution in [0.3, 0.4) is 0 Å². The molecule has 1 heterocycles. The van der Waals surface area contributed by atoms with Gasteiger partial charge in [0.15, 0.2) is 6.61 Å². The number of benzene rings is 3. The number of anilines is 1. The van der Waals surface area contributed by atoms with Gasteiger partial charge in [0.25, 0.3) is 5.91 Å². The fraction of sp³-hybridized carbons (Fsp3) is 0.0909. The highest BCUT2D eigenvalue weighted by atomic mass is 16.5. The quantitative estimate of drug-likeness (QED) is 0.574. The Bertz CT molecular complexity index is 1120. The number of amides is 1. The van der Waals surface area contributed by atoms with E-state index in [0.29, 0.717) is 22.7 Å². The summed E-state index contributed by atoms with van der Waals surface area (Å²) in [5, 5.41) is 5.90. The number of hydrogen-bond donors (Lipinski definition) is 1. The molecule has 1 amide bonds. The first-order valence-electron chi connectivity index (χ1n) is 8.58. The first-order chi connectivity index (χ1) is 13.2. The van der Waals surface area contributed by atoms with Gasteiger partial charge in [-0.2, -0.15) is 0 Å². The Morgan fingerprint density at radius 1 is 1.00 bits per heavy atom. The molecule has 5 nitrogen and oxygen atoms in total. The average molecular weight is 358 g/mol. The highest BCUT2D eigenvalue weighted by Gasteiger charge is 2.10. The molecule has 0 aliphatic carbocycles. The molecule has 4 aromatic rings. The number of carbonyl (C=O) groups is 1. The second-order valence-electron chi connectivity index (χ2n) is 6.06. The van der Waals surface area contributed by atoms with Crippen LogP contribution in [-0.2, 0) is 4.79 Å². The van der Waals surface area contributed by atoms with Crippen LogP contribution in [0.4, 0.5) is 5.69 Å². The summed E-state index contributed by atoms with van der Waals surface area (Å²) in [7, 11) is 1.60. The summed E-state index contributed by atoms with van der Waals surface area (Å²) in [6.45, 7) is -0.0773. The van der Waals surface area contributed by atoms with E-state index in [4.69, 9.17) is 9.47 Å². The van der Waals surface area contributed by atoms with Crippen LogP contribution in [0.1, 0.15) is 0 Å². The summed E-state index contributed by atoms with van der Waals surface area (Å²) < 4.78 is 11.0. The topological polar surface area (TPSA) is 60.5 Å². The molecule has 0 spiro atoms. The molecule has 0 saturated heterocycles. The molecule has 3 aromatic carbocycles. The van der Waals surface area contributed by atoms with Crippen LogP contribution in [0.2, 0.25) is 0 Å². The minimum atomic E-state index is -0.238. The number of rotatable bonds is 5. The van der Waals surface area contributed by atoms with Gasteiger partial charge in [-0.3, -0.25) is 9.78 Å². The molecule has 5 heteroatoms. The number of hydrogen-bond acceptors (Lipinski definition) is 4. The number of ether oxygens (including phenoxy) is 2. The smallest absolute Gasteiger partial charge is 0.262 e. The van der Waals surface area contributed by atoms with E-state index in [1.54, 1.807) is 25.4 Å². The Kier molecular flexibility index (Phi) is 4.58. The first-order valence-corrected chi connectivity index (χ1v) is 8.58. The van der Waals surface area contributed by atoms with Crippen molar-refractivity contribution < 1.29 is 14.3 Å². The van der Waals surface area contributed by atoms with Crippen molar-refractivity contribution >= 4 is 33.3 Å². The molecule has 0 unspecified atom stereocenters. The van der Waals surface area contributed by atoms with Gasteiger partial charge >= 0.3 is 0 Å². The van der Waals surface area contributed by atoms with Gasteiger partial charge in [-0.25, -0.2) is 0 Å². The molecule has 0 aliphatic heterocycles. The number of pyridine rings is 1. The normalized spacial score (nSPS) is 10.7. The second kappa shape index (κ2) is 7.33. The third-order valence-electron chi connectivity index (χ3n) is 4.32. The zero-order chi connectivity index (χ0) is 18.6. The van der Waals surface area contributed by atoms with Crippen LogP contribution in [0.15, 0.2) is 72.9 Å². The number of nitrogens with zero attached hydrogens (tertiary/aromatic N) is 1. The molecular weight excluding hydrogens is 340 g/mol. The Labute approximate surface area is 156 Å². The van der Waals surface area contributed by atoms with Gasteiger partial charge in [0.2, 0.25) is 0 Å². The van der Waals surface area contributed by atoms with E-state index in [-0.39, 0.29) is 12.5 Å². The lowest BCUT2D eigenvalue weighted by molar-refractivity contribution is -0.118. The van der Waals surface area contributed by atoms with Gasteiger partial charge in [0.05, 0.1) is 12.8 Å². The number of aromatic nitrogens is 1. The summed E-state index contributed by atoms with van der Waals surface area (Å²) in [6.07, 6.45) is 1.69. The van der Waals surface area contributed by atoms with Crippen LogP contribution >= 0.6 is 0 Å². The molecule has 0 bridgehead atoms. The lowest BCUT2D eigenvalue weighted by Crippen LogP contribution is -2.20. The SMILES string of the molecule is COc1ccc(NC(=O)COc2ccc3ccccc3c2)c2cccnc12. The molecular formula is C22H18N2O3. The van der Waals surface area contributed by atoms with Crippen LogP contribution in [0.5, 0.6) is 11.5 Å². The van der Waals surface area contributed by atoms with E-state index in [0.717, 1.165) is 16.2 Å². The van der Waals surface area contributed by atoms with Crippen LogP contribution in [-0.4, -0.2) is 24.6 Å². The molecule has 1 aromatic heterocycles. The van der Waals surface area contributed by atoms with E-state index in [2.05, 4.69) is 10.3 Å². The van der Waals surface area contributed by atoms with Gasteiger partial charge in [-0.15, -0.1) is 0 Å². The minimum Gasteiger partial charge on any atom is -0.494 e. The van der Waals surface area contributed by atoms with Crippen LogP contribution < -0.4 is 14.8 Å². The lowest BCUT2D eigenvalue weighted by Gasteiger charge is -2.12. The molecule has 0 saturated carbocycles. The number of fused-ring (bicyclic) bond motifs is 2. The summed E-state index contributed by atoms with van der Waals surface area (Å²) >= 11 is 0.